The first kappa shape index (κ1) is 20.3. The first-order chi connectivity index (χ1) is 14.0. The van der Waals surface area contributed by atoms with Crippen molar-refractivity contribution >= 4 is 23.2 Å². The molecule has 0 aliphatic heterocycles. The summed E-state index contributed by atoms with van der Waals surface area (Å²) in [7, 11) is 0. The Labute approximate surface area is 168 Å². The fourth-order valence-electron chi connectivity index (χ4n) is 3.41. The van der Waals surface area contributed by atoms with Gasteiger partial charge in [-0.15, -0.1) is 0 Å². The molecule has 0 spiro atoms. The van der Waals surface area contributed by atoms with Gasteiger partial charge in [0.25, 0.3) is 17.5 Å². The number of ether oxygens (including phenoxy) is 1. The molecule has 0 heterocycles. The van der Waals surface area contributed by atoms with Crippen molar-refractivity contribution in [3.05, 3.63) is 63.7 Å². The lowest BCUT2D eigenvalue weighted by Crippen LogP contribution is -2.33. The summed E-state index contributed by atoms with van der Waals surface area (Å²) in [5.41, 5.74) is 1.06. The van der Waals surface area contributed by atoms with E-state index in [1.807, 2.05) is 0 Å². The van der Waals surface area contributed by atoms with Crippen molar-refractivity contribution in [3.8, 4) is 5.75 Å². The van der Waals surface area contributed by atoms with Crippen molar-refractivity contribution in [2.75, 3.05) is 11.9 Å². The zero-order valence-electron chi connectivity index (χ0n) is 16.1. The highest BCUT2D eigenvalue weighted by molar-refractivity contribution is 6.04. The average Bonchev–Trinajstić information content (AvgIpc) is 3.20. The molecule has 8 heteroatoms. The second-order valence-corrected chi connectivity index (χ2v) is 6.99. The molecule has 2 amide bonds. The molecule has 3 rings (SSSR count). The van der Waals surface area contributed by atoms with Gasteiger partial charge in [0.1, 0.15) is 5.75 Å². The number of nitro groups is 1. The van der Waals surface area contributed by atoms with E-state index in [1.165, 1.54) is 12.1 Å². The minimum atomic E-state index is -0.499. The van der Waals surface area contributed by atoms with Crippen LogP contribution in [0.25, 0.3) is 0 Å². The number of benzene rings is 2. The maximum atomic E-state index is 12.6. The molecule has 1 fully saturated rings. The van der Waals surface area contributed by atoms with E-state index in [0.717, 1.165) is 25.7 Å². The van der Waals surface area contributed by atoms with Crippen LogP contribution in [0.3, 0.4) is 0 Å². The van der Waals surface area contributed by atoms with E-state index in [-0.39, 0.29) is 30.0 Å². The van der Waals surface area contributed by atoms with Crippen LogP contribution in [-0.2, 0) is 4.79 Å². The largest absolute Gasteiger partial charge is 0.483 e. The predicted molar refractivity (Wildman–Crippen MR) is 108 cm³/mol. The summed E-state index contributed by atoms with van der Waals surface area (Å²) in [5.74, 6) is -0.415. The summed E-state index contributed by atoms with van der Waals surface area (Å²) in [5, 5.41) is 16.7. The fraction of sp³-hybridized carbons (Fsp3) is 0.333. The highest BCUT2D eigenvalue weighted by atomic mass is 16.6. The Bertz CT molecular complexity index is 922. The third-order valence-corrected chi connectivity index (χ3v) is 4.95. The van der Waals surface area contributed by atoms with Crippen LogP contribution < -0.4 is 15.4 Å². The van der Waals surface area contributed by atoms with Crippen LogP contribution in [0.2, 0.25) is 0 Å². The number of anilines is 1. The molecule has 1 aliphatic rings. The van der Waals surface area contributed by atoms with E-state index in [1.54, 1.807) is 37.3 Å². The van der Waals surface area contributed by atoms with Crippen LogP contribution in [0.4, 0.5) is 11.4 Å². The van der Waals surface area contributed by atoms with Gasteiger partial charge in [0.15, 0.2) is 6.61 Å². The molecule has 152 valence electrons. The first-order valence-corrected chi connectivity index (χ1v) is 9.52. The Kier molecular flexibility index (Phi) is 6.43. The van der Waals surface area contributed by atoms with Gasteiger partial charge in [-0.05, 0) is 38.0 Å². The van der Waals surface area contributed by atoms with Gasteiger partial charge >= 0.3 is 0 Å². The maximum absolute atomic E-state index is 12.6. The number of hydrogen-bond donors (Lipinski definition) is 2. The number of nitrogens with zero attached hydrogens (tertiary/aromatic N) is 1. The van der Waals surface area contributed by atoms with Crippen molar-refractivity contribution in [1.29, 1.82) is 0 Å². The number of hydrogen-bond acceptors (Lipinski definition) is 5. The third kappa shape index (κ3) is 5.10. The summed E-state index contributed by atoms with van der Waals surface area (Å²) in [6.07, 6.45) is 4.16. The summed E-state index contributed by atoms with van der Waals surface area (Å²) in [6.45, 7) is 1.23. The molecule has 0 unspecified atom stereocenters. The lowest BCUT2D eigenvalue weighted by atomic mass is 10.1. The van der Waals surface area contributed by atoms with Crippen LogP contribution in [0.15, 0.2) is 42.5 Å². The van der Waals surface area contributed by atoms with Gasteiger partial charge in [-0.1, -0.05) is 31.0 Å². The third-order valence-electron chi connectivity index (χ3n) is 4.95. The minimum absolute atomic E-state index is 0.0724. The van der Waals surface area contributed by atoms with Crippen molar-refractivity contribution in [2.24, 2.45) is 0 Å². The van der Waals surface area contributed by atoms with Crippen molar-refractivity contribution in [2.45, 2.75) is 38.6 Å². The number of para-hydroxylation sites is 1. The highest BCUT2D eigenvalue weighted by Gasteiger charge is 2.20. The van der Waals surface area contributed by atoms with Crippen LogP contribution in [0.1, 0.15) is 41.6 Å². The number of carbonyl (C=O) groups excluding carboxylic acids is 2. The van der Waals surface area contributed by atoms with E-state index in [4.69, 9.17) is 4.74 Å². The molecular formula is C21H23N3O5. The molecule has 29 heavy (non-hydrogen) atoms. The number of nitro benzene ring substituents is 1. The zero-order chi connectivity index (χ0) is 20.8. The van der Waals surface area contributed by atoms with Gasteiger partial charge in [-0.2, -0.15) is 0 Å². The second kappa shape index (κ2) is 9.18. The Hall–Kier alpha value is -3.42. The van der Waals surface area contributed by atoms with E-state index >= 15 is 0 Å². The topological polar surface area (TPSA) is 111 Å². The molecule has 0 radical (unpaired) electrons. The maximum Gasteiger partial charge on any atom is 0.276 e. The van der Waals surface area contributed by atoms with Crippen LogP contribution in [0, 0.1) is 17.0 Å². The van der Waals surface area contributed by atoms with Gasteiger partial charge in [0.05, 0.1) is 21.7 Å². The van der Waals surface area contributed by atoms with Crippen LogP contribution in [0.5, 0.6) is 5.75 Å². The van der Waals surface area contributed by atoms with E-state index in [0.29, 0.717) is 16.8 Å². The minimum Gasteiger partial charge on any atom is -0.483 e. The number of amides is 2. The molecule has 2 aromatic carbocycles. The lowest BCUT2D eigenvalue weighted by molar-refractivity contribution is -0.385. The van der Waals surface area contributed by atoms with Crippen molar-refractivity contribution in [3.63, 3.8) is 0 Å². The predicted octanol–water partition coefficient (Wildman–Crippen LogP) is 3.59. The number of nitrogens with one attached hydrogen (secondary N) is 2. The Morgan fingerprint density at radius 3 is 2.59 bits per heavy atom. The van der Waals surface area contributed by atoms with Gasteiger partial charge in [-0.3, -0.25) is 19.7 Å². The first-order valence-electron chi connectivity index (χ1n) is 9.52. The van der Waals surface area contributed by atoms with Crippen LogP contribution >= 0.6 is 0 Å². The van der Waals surface area contributed by atoms with Crippen LogP contribution in [-0.4, -0.2) is 29.4 Å². The quantitative estimate of drug-likeness (QED) is 0.548. The zero-order valence-corrected chi connectivity index (χ0v) is 16.1. The van der Waals surface area contributed by atoms with Gasteiger partial charge in [-0.25, -0.2) is 0 Å². The molecule has 0 bridgehead atoms. The monoisotopic (exact) mass is 397 g/mol. The average molecular weight is 397 g/mol. The van der Waals surface area contributed by atoms with E-state index < -0.39 is 10.8 Å². The molecule has 2 N–H and O–H groups in total. The molecule has 0 aromatic heterocycles. The summed E-state index contributed by atoms with van der Waals surface area (Å²) >= 11 is 0. The van der Waals surface area contributed by atoms with Crippen molar-refractivity contribution in [1.82, 2.24) is 5.32 Å². The number of rotatable bonds is 7. The Morgan fingerprint density at radius 1 is 1.14 bits per heavy atom. The SMILES string of the molecule is Cc1c(OCC(=O)Nc2ccccc2C(=O)NC2CCCC2)cccc1[N+](=O)[O-]. The Morgan fingerprint density at radius 2 is 1.86 bits per heavy atom. The molecule has 1 aliphatic carbocycles. The molecule has 0 saturated heterocycles. The van der Waals surface area contributed by atoms with Gasteiger partial charge in [0.2, 0.25) is 0 Å². The molecule has 8 nitrogen and oxygen atoms in total. The standard InChI is InChI=1S/C21H23N3O5/c1-14-18(24(27)28)11-6-12-19(14)29-13-20(25)23-17-10-5-4-9-16(17)21(26)22-15-7-2-3-8-15/h4-6,9-12,15H,2-3,7-8,13H2,1H3,(H,22,26)(H,23,25). The lowest BCUT2D eigenvalue weighted by Gasteiger charge is -2.15. The number of carbonyl (C=O) groups is 2. The highest BCUT2D eigenvalue weighted by Crippen LogP contribution is 2.27. The van der Waals surface area contributed by atoms with Gasteiger partial charge in [0, 0.05) is 12.1 Å². The molecule has 0 atom stereocenters. The fourth-order valence-corrected chi connectivity index (χ4v) is 3.41. The smallest absolute Gasteiger partial charge is 0.276 e. The summed E-state index contributed by atoms with van der Waals surface area (Å²) < 4.78 is 5.45. The summed E-state index contributed by atoms with van der Waals surface area (Å²) in [6, 6.07) is 11.4. The molecule has 2 aromatic rings. The Balaban J connectivity index is 1.63. The normalized spacial score (nSPS) is 13.7. The molecular weight excluding hydrogens is 374 g/mol. The van der Waals surface area contributed by atoms with E-state index in [9.17, 15) is 19.7 Å². The molecule has 1 saturated carbocycles. The van der Waals surface area contributed by atoms with Gasteiger partial charge < -0.3 is 15.4 Å². The van der Waals surface area contributed by atoms with E-state index in [2.05, 4.69) is 10.6 Å². The van der Waals surface area contributed by atoms with Crippen molar-refractivity contribution < 1.29 is 19.2 Å². The second-order valence-electron chi connectivity index (χ2n) is 6.99. The summed E-state index contributed by atoms with van der Waals surface area (Å²) in [4.78, 5) is 35.4.